The molecule has 29 heavy (non-hydrogen) atoms. The summed E-state index contributed by atoms with van der Waals surface area (Å²) in [6, 6.07) is 14.2. The van der Waals surface area contributed by atoms with Crippen LogP contribution in [0.2, 0.25) is 0 Å². The number of anilines is 2. The summed E-state index contributed by atoms with van der Waals surface area (Å²) in [5.41, 5.74) is 3.16. The molecule has 0 spiro atoms. The van der Waals surface area contributed by atoms with E-state index in [1.807, 2.05) is 30.3 Å². The van der Waals surface area contributed by atoms with Crippen molar-refractivity contribution in [2.45, 2.75) is 32.3 Å². The summed E-state index contributed by atoms with van der Waals surface area (Å²) in [5.74, 6) is 1.35. The molecule has 146 valence electrons. The lowest BCUT2D eigenvalue weighted by Gasteiger charge is -2.13. The maximum absolute atomic E-state index is 13.3. The molecule has 0 amide bonds. The van der Waals surface area contributed by atoms with Gasteiger partial charge in [-0.15, -0.1) is 11.3 Å². The predicted octanol–water partition coefficient (Wildman–Crippen LogP) is 6.03. The molecule has 0 aliphatic heterocycles. The summed E-state index contributed by atoms with van der Waals surface area (Å²) in [4.78, 5) is 11.5. The smallest absolute Gasteiger partial charge is 0.142 e. The second kappa shape index (κ2) is 7.79. The number of aryl methyl sites for hydroxylation is 2. The van der Waals surface area contributed by atoms with Crippen LogP contribution in [0.3, 0.4) is 0 Å². The number of hydrogen-bond donors (Lipinski definition) is 1. The van der Waals surface area contributed by atoms with Crippen molar-refractivity contribution in [2.24, 2.45) is 0 Å². The normalized spacial score (nSPS) is 13.3. The van der Waals surface area contributed by atoms with Crippen molar-refractivity contribution in [3.63, 3.8) is 0 Å². The minimum Gasteiger partial charge on any atom is -0.489 e. The van der Waals surface area contributed by atoms with Crippen molar-refractivity contribution in [3.05, 3.63) is 76.7 Å². The third-order valence-corrected chi connectivity index (χ3v) is 6.36. The molecule has 0 atom stereocenters. The first-order chi connectivity index (χ1) is 14.3. The topological polar surface area (TPSA) is 47.0 Å². The lowest BCUT2D eigenvalue weighted by molar-refractivity contribution is 0.305. The summed E-state index contributed by atoms with van der Waals surface area (Å²) in [7, 11) is 0. The van der Waals surface area contributed by atoms with Gasteiger partial charge in [-0.25, -0.2) is 14.4 Å². The second-order valence-corrected chi connectivity index (χ2v) is 8.26. The molecule has 6 heteroatoms. The second-order valence-electron chi connectivity index (χ2n) is 7.18. The van der Waals surface area contributed by atoms with Gasteiger partial charge in [-0.1, -0.05) is 12.1 Å². The molecular weight excluding hydrogens is 385 g/mol. The summed E-state index contributed by atoms with van der Waals surface area (Å²) >= 11 is 1.79. The molecule has 0 unspecified atom stereocenters. The monoisotopic (exact) mass is 405 g/mol. The number of rotatable bonds is 5. The summed E-state index contributed by atoms with van der Waals surface area (Å²) < 4.78 is 19.0. The highest BCUT2D eigenvalue weighted by atomic mass is 32.1. The number of thiophene rings is 1. The molecule has 1 N–H and O–H groups in total. The molecule has 0 saturated carbocycles. The number of benzene rings is 2. The number of halogens is 1. The van der Waals surface area contributed by atoms with Gasteiger partial charge in [0, 0.05) is 10.6 Å². The highest BCUT2D eigenvalue weighted by molar-refractivity contribution is 7.19. The van der Waals surface area contributed by atoms with Crippen LogP contribution >= 0.6 is 11.3 Å². The van der Waals surface area contributed by atoms with Gasteiger partial charge in [0.05, 0.1) is 5.39 Å². The Morgan fingerprint density at radius 2 is 1.90 bits per heavy atom. The number of hydrogen-bond acceptors (Lipinski definition) is 5. The van der Waals surface area contributed by atoms with E-state index in [0.717, 1.165) is 40.5 Å². The quantitative estimate of drug-likeness (QED) is 0.440. The standard InChI is InChI=1S/C23H20FN3OS/c24-16-5-3-4-15(12-16)13-28-18-10-8-17(9-11-18)27-22-21-19-6-1-2-7-20(19)29-23(21)26-14-25-22/h3-5,8-12,14H,1-2,6-7,13H2,(H,25,26,27). The Labute approximate surface area is 172 Å². The Hall–Kier alpha value is -2.99. The van der Waals surface area contributed by atoms with Crippen molar-refractivity contribution in [1.82, 2.24) is 9.97 Å². The lowest BCUT2D eigenvalue weighted by atomic mass is 9.97. The first-order valence-electron chi connectivity index (χ1n) is 9.76. The van der Waals surface area contributed by atoms with Crippen LogP contribution in [-0.4, -0.2) is 9.97 Å². The van der Waals surface area contributed by atoms with E-state index in [1.54, 1.807) is 23.7 Å². The van der Waals surface area contributed by atoms with Crippen LogP contribution in [0.4, 0.5) is 15.9 Å². The maximum Gasteiger partial charge on any atom is 0.142 e. The largest absolute Gasteiger partial charge is 0.489 e. The molecule has 2 aromatic heterocycles. The van der Waals surface area contributed by atoms with Gasteiger partial charge in [0.1, 0.15) is 35.1 Å². The van der Waals surface area contributed by atoms with E-state index in [4.69, 9.17) is 4.74 Å². The summed E-state index contributed by atoms with van der Waals surface area (Å²) in [6.07, 6.45) is 6.36. The zero-order valence-corrected chi connectivity index (χ0v) is 16.6. The molecule has 2 heterocycles. The van der Waals surface area contributed by atoms with Crippen molar-refractivity contribution in [1.29, 1.82) is 0 Å². The lowest BCUT2D eigenvalue weighted by Crippen LogP contribution is -2.01. The average molecular weight is 405 g/mol. The fraction of sp³-hybridized carbons (Fsp3) is 0.217. The number of aromatic nitrogens is 2. The molecule has 4 nitrogen and oxygen atoms in total. The fourth-order valence-electron chi connectivity index (χ4n) is 3.75. The maximum atomic E-state index is 13.3. The van der Waals surface area contributed by atoms with Crippen molar-refractivity contribution < 1.29 is 9.13 Å². The Balaban J connectivity index is 1.33. The van der Waals surface area contributed by atoms with E-state index >= 15 is 0 Å². The number of nitrogens with one attached hydrogen (secondary N) is 1. The van der Waals surface area contributed by atoms with Crippen molar-refractivity contribution in [2.75, 3.05) is 5.32 Å². The van der Waals surface area contributed by atoms with Crippen LogP contribution in [0.25, 0.3) is 10.2 Å². The van der Waals surface area contributed by atoms with Gasteiger partial charge in [0.25, 0.3) is 0 Å². The molecule has 4 aromatic rings. The van der Waals surface area contributed by atoms with Crippen LogP contribution < -0.4 is 10.1 Å². The average Bonchev–Trinajstić information content (AvgIpc) is 3.13. The Morgan fingerprint density at radius 1 is 1.03 bits per heavy atom. The van der Waals surface area contributed by atoms with E-state index in [2.05, 4.69) is 15.3 Å². The fourth-order valence-corrected chi connectivity index (χ4v) is 4.98. The third kappa shape index (κ3) is 3.80. The highest BCUT2D eigenvalue weighted by Crippen LogP contribution is 2.38. The van der Waals surface area contributed by atoms with Gasteiger partial charge in [-0.2, -0.15) is 0 Å². The first-order valence-corrected chi connectivity index (χ1v) is 10.6. The zero-order chi connectivity index (χ0) is 19.6. The minimum absolute atomic E-state index is 0.252. The van der Waals surface area contributed by atoms with Gasteiger partial charge in [0.15, 0.2) is 0 Å². The first kappa shape index (κ1) is 18.1. The van der Waals surface area contributed by atoms with Crippen LogP contribution in [-0.2, 0) is 19.4 Å². The van der Waals surface area contributed by atoms with Crippen LogP contribution in [0.15, 0.2) is 54.9 Å². The van der Waals surface area contributed by atoms with Gasteiger partial charge < -0.3 is 10.1 Å². The minimum atomic E-state index is -0.252. The number of fused-ring (bicyclic) bond motifs is 3. The number of ether oxygens (including phenoxy) is 1. The van der Waals surface area contributed by atoms with Gasteiger partial charge in [-0.05, 0) is 73.2 Å². The summed E-state index contributed by atoms with van der Waals surface area (Å²) in [6.45, 7) is 0.331. The van der Waals surface area contributed by atoms with Crippen LogP contribution in [0.1, 0.15) is 28.8 Å². The molecule has 1 aliphatic carbocycles. The van der Waals surface area contributed by atoms with E-state index < -0.39 is 0 Å². The van der Waals surface area contributed by atoms with Crippen LogP contribution in [0.5, 0.6) is 5.75 Å². The van der Waals surface area contributed by atoms with E-state index in [0.29, 0.717) is 6.61 Å². The SMILES string of the molecule is Fc1cccc(COc2ccc(Nc3ncnc4sc5c(c34)CCCC5)cc2)c1. The molecule has 0 bridgehead atoms. The molecule has 1 aliphatic rings. The summed E-state index contributed by atoms with van der Waals surface area (Å²) in [5, 5.41) is 4.61. The molecule has 0 saturated heterocycles. The zero-order valence-electron chi connectivity index (χ0n) is 15.8. The van der Waals surface area contributed by atoms with Crippen LogP contribution in [0, 0.1) is 5.82 Å². The third-order valence-electron chi connectivity index (χ3n) is 5.16. The van der Waals surface area contributed by atoms with Gasteiger partial charge >= 0.3 is 0 Å². The van der Waals surface area contributed by atoms with Gasteiger partial charge in [0.2, 0.25) is 0 Å². The molecule has 2 aromatic carbocycles. The Morgan fingerprint density at radius 3 is 2.76 bits per heavy atom. The molecule has 0 fully saturated rings. The predicted molar refractivity (Wildman–Crippen MR) is 115 cm³/mol. The Bertz CT molecular complexity index is 1160. The molecular formula is C23H20FN3OS. The molecule has 5 rings (SSSR count). The van der Waals surface area contributed by atoms with Crippen molar-refractivity contribution >= 4 is 33.1 Å². The number of nitrogens with zero attached hydrogens (tertiary/aromatic N) is 2. The van der Waals surface area contributed by atoms with E-state index in [1.165, 1.54) is 40.8 Å². The highest BCUT2D eigenvalue weighted by Gasteiger charge is 2.19. The van der Waals surface area contributed by atoms with E-state index in [-0.39, 0.29) is 5.82 Å². The van der Waals surface area contributed by atoms with Crippen molar-refractivity contribution in [3.8, 4) is 5.75 Å². The van der Waals surface area contributed by atoms with Gasteiger partial charge in [-0.3, -0.25) is 0 Å². The Kier molecular flexibility index (Phi) is 4.86. The molecule has 0 radical (unpaired) electrons. The van der Waals surface area contributed by atoms with E-state index in [9.17, 15) is 4.39 Å².